The van der Waals surface area contributed by atoms with Gasteiger partial charge in [-0.1, -0.05) is 15.9 Å². The van der Waals surface area contributed by atoms with Gasteiger partial charge in [-0.2, -0.15) is 5.10 Å². The minimum atomic E-state index is 0.788. The van der Waals surface area contributed by atoms with Gasteiger partial charge in [-0.15, -0.1) is 0 Å². The molecule has 2 aromatic heterocycles. The van der Waals surface area contributed by atoms with Crippen LogP contribution in [0.4, 0.5) is 0 Å². The zero-order valence-corrected chi connectivity index (χ0v) is 9.79. The van der Waals surface area contributed by atoms with Gasteiger partial charge in [0.05, 0.1) is 5.52 Å². The largest absolute Gasteiger partial charge is 0.236 e. The van der Waals surface area contributed by atoms with E-state index in [4.69, 9.17) is 0 Å². The maximum Gasteiger partial charge on any atom is 0.164 e. The van der Waals surface area contributed by atoms with E-state index in [1.807, 2.05) is 30.5 Å². The molecule has 0 aliphatic heterocycles. The fourth-order valence-electron chi connectivity index (χ4n) is 1.59. The fourth-order valence-corrected chi connectivity index (χ4v) is 1.95. The van der Waals surface area contributed by atoms with Crippen LogP contribution < -0.4 is 0 Å². The Bertz CT molecular complexity index is 634. The molecule has 3 rings (SSSR count). The molecule has 2 heterocycles. The molecule has 0 unspecified atom stereocenters. The van der Waals surface area contributed by atoms with Crippen LogP contribution in [0.25, 0.3) is 16.7 Å². The van der Waals surface area contributed by atoms with Crippen molar-refractivity contribution in [2.75, 3.05) is 0 Å². The van der Waals surface area contributed by atoms with Crippen LogP contribution in [0.2, 0.25) is 0 Å². The van der Waals surface area contributed by atoms with Crippen molar-refractivity contribution in [3.63, 3.8) is 0 Å². The Morgan fingerprint density at radius 2 is 2.12 bits per heavy atom. The molecule has 16 heavy (non-hydrogen) atoms. The van der Waals surface area contributed by atoms with Gasteiger partial charge in [0.15, 0.2) is 5.82 Å². The smallest absolute Gasteiger partial charge is 0.164 e. The van der Waals surface area contributed by atoms with Crippen LogP contribution in [0.3, 0.4) is 0 Å². The van der Waals surface area contributed by atoms with Gasteiger partial charge in [-0.3, -0.25) is 0 Å². The highest BCUT2D eigenvalue weighted by Crippen LogP contribution is 2.21. The van der Waals surface area contributed by atoms with Crippen molar-refractivity contribution in [3.8, 4) is 5.82 Å². The van der Waals surface area contributed by atoms with Gasteiger partial charge in [0.2, 0.25) is 0 Å². The van der Waals surface area contributed by atoms with Crippen LogP contribution in [0.5, 0.6) is 0 Å². The summed E-state index contributed by atoms with van der Waals surface area (Å²) in [6.45, 7) is 0. The maximum atomic E-state index is 4.26. The van der Waals surface area contributed by atoms with E-state index >= 15 is 0 Å². The zero-order valence-electron chi connectivity index (χ0n) is 8.21. The number of fused-ring (bicyclic) bond motifs is 1. The van der Waals surface area contributed by atoms with Crippen LogP contribution in [-0.2, 0) is 0 Å². The molecular formula is C11H7BrN4. The highest BCUT2D eigenvalue weighted by Gasteiger charge is 2.05. The predicted octanol–water partition coefficient (Wildman–Crippen LogP) is 2.58. The molecule has 0 aliphatic rings. The molecule has 0 saturated carbocycles. The second-order valence-corrected chi connectivity index (χ2v) is 4.23. The number of hydrogen-bond donors (Lipinski definition) is 0. The molecule has 1 aromatic carbocycles. The monoisotopic (exact) mass is 274 g/mol. The van der Waals surface area contributed by atoms with E-state index in [2.05, 4.69) is 31.0 Å². The first-order valence-corrected chi connectivity index (χ1v) is 5.54. The average Bonchev–Trinajstić information content (AvgIpc) is 2.81. The SMILES string of the molecule is Brc1ccc2ncnc(-n3cccn3)c2c1. The number of aromatic nitrogens is 4. The summed E-state index contributed by atoms with van der Waals surface area (Å²) in [5.74, 6) is 0.788. The summed E-state index contributed by atoms with van der Waals surface area (Å²) in [5.41, 5.74) is 0.906. The second-order valence-electron chi connectivity index (χ2n) is 3.31. The minimum absolute atomic E-state index is 0.788. The van der Waals surface area contributed by atoms with Gasteiger partial charge in [0, 0.05) is 22.3 Å². The summed E-state index contributed by atoms with van der Waals surface area (Å²) in [6, 6.07) is 7.77. The minimum Gasteiger partial charge on any atom is -0.236 e. The normalized spacial score (nSPS) is 10.8. The number of benzene rings is 1. The lowest BCUT2D eigenvalue weighted by molar-refractivity contribution is 0.851. The van der Waals surface area contributed by atoms with Gasteiger partial charge in [-0.05, 0) is 24.3 Å². The molecule has 0 N–H and O–H groups in total. The van der Waals surface area contributed by atoms with Crippen molar-refractivity contribution in [2.45, 2.75) is 0 Å². The number of nitrogens with zero attached hydrogens (tertiary/aromatic N) is 4. The number of rotatable bonds is 1. The molecule has 3 aromatic rings. The van der Waals surface area contributed by atoms with E-state index in [0.717, 1.165) is 21.2 Å². The molecule has 0 saturated heterocycles. The molecule has 0 bridgehead atoms. The summed E-state index contributed by atoms with van der Waals surface area (Å²) in [7, 11) is 0. The van der Waals surface area contributed by atoms with Crippen molar-refractivity contribution >= 4 is 26.8 Å². The van der Waals surface area contributed by atoms with Crippen LogP contribution in [0, 0.1) is 0 Å². The quantitative estimate of drug-likeness (QED) is 0.685. The van der Waals surface area contributed by atoms with Gasteiger partial charge in [0.1, 0.15) is 6.33 Å². The Hall–Kier alpha value is -1.75. The third-order valence-corrected chi connectivity index (χ3v) is 2.79. The predicted molar refractivity (Wildman–Crippen MR) is 64.4 cm³/mol. The summed E-state index contributed by atoms with van der Waals surface area (Å²) < 4.78 is 2.74. The molecule has 5 heteroatoms. The Balaban J connectivity index is 2.36. The van der Waals surface area contributed by atoms with E-state index in [1.165, 1.54) is 0 Å². The molecule has 0 fully saturated rings. The molecule has 0 aliphatic carbocycles. The molecule has 4 nitrogen and oxygen atoms in total. The van der Waals surface area contributed by atoms with E-state index in [-0.39, 0.29) is 0 Å². The van der Waals surface area contributed by atoms with Crippen LogP contribution >= 0.6 is 15.9 Å². The first-order chi connectivity index (χ1) is 7.84. The van der Waals surface area contributed by atoms with E-state index < -0.39 is 0 Å². The van der Waals surface area contributed by atoms with E-state index in [9.17, 15) is 0 Å². The fraction of sp³-hybridized carbons (Fsp3) is 0. The second kappa shape index (κ2) is 3.68. The standard InChI is InChI=1S/C11H7BrN4/c12-8-2-3-10-9(6-8)11(14-7-13-10)16-5-1-4-15-16/h1-7H. The Morgan fingerprint density at radius 3 is 2.94 bits per heavy atom. The lowest BCUT2D eigenvalue weighted by Crippen LogP contribution is -1.99. The van der Waals surface area contributed by atoms with E-state index in [1.54, 1.807) is 17.2 Å². The molecule has 0 amide bonds. The number of halogens is 1. The maximum absolute atomic E-state index is 4.26. The van der Waals surface area contributed by atoms with Crippen LogP contribution in [0.1, 0.15) is 0 Å². The summed E-state index contributed by atoms with van der Waals surface area (Å²) in [4.78, 5) is 8.48. The van der Waals surface area contributed by atoms with Crippen molar-refractivity contribution in [3.05, 3.63) is 47.5 Å². The topological polar surface area (TPSA) is 43.6 Å². The number of hydrogen-bond acceptors (Lipinski definition) is 3. The molecular weight excluding hydrogens is 268 g/mol. The van der Waals surface area contributed by atoms with Gasteiger partial charge < -0.3 is 0 Å². The van der Waals surface area contributed by atoms with Crippen molar-refractivity contribution < 1.29 is 0 Å². The highest BCUT2D eigenvalue weighted by molar-refractivity contribution is 9.10. The van der Waals surface area contributed by atoms with Gasteiger partial charge in [-0.25, -0.2) is 14.6 Å². The van der Waals surface area contributed by atoms with Gasteiger partial charge >= 0.3 is 0 Å². The van der Waals surface area contributed by atoms with E-state index in [0.29, 0.717) is 0 Å². The van der Waals surface area contributed by atoms with Crippen LogP contribution in [0.15, 0.2) is 47.5 Å². The summed E-state index contributed by atoms with van der Waals surface area (Å²) >= 11 is 3.44. The summed E-state index contributed by atoms with van der Waals surface area (Å²) in [6.07, 6.45) is 5.14. The Kier molecular flexibility index (Phi) is 2.18. The van der Waals surface area contributed by atoms with Crippen molar-refractivity contribution in [2.24, 2.45) is 0 Å². The van der Waals surface area contributed by atoms with Crippen molar-refractivity contribution in [1.29, 1.82) is 0 Å². The molecule has 0 atom stereocenters. The Labute approximate surface area is 100 Å². The molecule has 0 radical (unpaired) electrons. The summed E-state index contributed by atoms with van der Waals surface area (Å²) in [5, 5.41) is 5.15. The molecule has 78 valence electrons. The van der Waals surface area contributed by atoms with Crippen molar-refractivity contribution in [1.82, 2.24) is 19.7 Å². The first-order valence-electron chi connectivity index (χ1n) is 4.75. The average molecular weight is 275 g/mol. The third-order valence-electron chi connectivity index (χ3n) is 2.30. The van der Waals surface area contributed by atoms with Crippen LogP contribution in [-0.4, -0.2) is 19.7 Å². The first kappa shape index (κ1) is 9.47. The lowest BCUT2D eigenvalue weighted by atomic mass is 10.2. The molecule has 0 spiro atoms. The van der Waals surface area contributed by atoms with Gasteiger partial charge in [0.25, 0.3) is 0 Å². The third kappa shape index (κ3) is 1.49. The zero-order chi connectivity index (χ0) is 11.0. The lowest BCUT2D eigenvalue weighted by Gasteiger charge is -2.04. The highest BCUT2D eigenvalue weighted by atomic mass is 79.9. The Morgan fingerprint density at radius 1 is 1.19 bits per heavy atom.